The van der Waals surface area contributed by atoms with Gasteiger partial charge in [-0.1, -0.05) is 39.0 Å². The summed E-state index contributed by atoms with van der Waals surface area (Å²) in [6, 6.07) is 0. The highest BCUT2D eigenvalue weighted by atomic mass is 16.5. The van der Waals surface area contributed by atoms with Gasteiger partial charge < -0.3 is 18.9 Å². The second kappa shape index (κ2) is 16.7. The molecule has 5 nitrogen and oxygen atoms in total. The topological polar surface area (TPSA) is 40.2 Å². The number of unbranched alkanes of at least 4 members (excludes halogenated alkanes) is 5. The van der Waals surface area contributed by atoms with E-state index in [9.17, 15) is 0 Å². The van der Waals surface area contributed by atoms with E-state index in [0.29, 0.717) is 26.4 Å². The number of hydrogen-bond donors (Lipinski definition) is 0. The summed E-state index contributed by atoms with van der Waals surface area (Å²) in [6.45, 7) is 10.9. The molecule has 0 saturated carbocycles. The summed E-state index contributed by atoms with van der Waals surface area (Å²) in [6.07, 6.45) is 7.89. The van der Waals surface area contributed by atoms with Crippen LogP contribution in [0.2, 0.25) is 0 Å². The molecule has 23 heavy (non-hydrogen) atoms. The standard InChI is InChI=1S/C18H37NO4/c1-2-3-4-5-6-7-11-20-12-8-19-9-13-21-15-17-23-18-16-22-14-10-19/h2-18H2,1H3. The molecule has 1 saturated heterocycles. The van der Waals surface area contributed by atoms with Gasteiger partial charge in [0.1, 0.15) is 0 Å². The van der Waals surface area contributed by atoms with Gasteiger partial charge in [0.05, 0.1) is 46.2 Å². The second-order valence-corrected chi connectivity index (χ2v) is 6.06. The van der Waals surface area contributed by atoms with Gasteiger partial charge in [0, 0.05) is 26.2 Å². The maximum Gasteiger partial charge on any atom is 0.0701 e. The van der Waals surface area contributed by atoms with Gasteiger partial charge >= 0.3 is 0 Å². The van der Waals surface area contributed by atoms with Gasteiger partial charge in [0.25, 0.3) is 0 Å². The minimum absolute atomic E-state index is 0.657. The van der Waals surface area contributed by atoms with Crippen LogP contribution in [0.3, 0.4) is 0 Å². The molecule has 1 aliphatic heterocycles. The van der Waals surface area contributed by atoms with Crippen molar-refractivity contribution in [1.29, 1.82) is 0 Å². The number of ether oxygens (including phenoxy) is 4. The molecule has 1 heterocycles. The summed E-state index contributed by atoms with van der Waals surface area (Å²) in [5, 5.41) is 0. The highest BCUT2D eigenvalue weighted by Gasteiger charge is 2.06. The highest BCUT2D eigenvalue weighted by molar-refractivity contribution is 4.57. The minimum Gasteiger partial charge on any atom is -0.380 e. The summed E-state index contributed by atoms with van der Waals surface area (Å²) in [4.78, 5) is 2.36. The summed E-state index contributed by atoms with van der Waals surface area (Å²) >= 11 is 0. The molecular weight excluding hydrogens is 294 g/mol. The predicted octanol–water partition coefficient (Wildman–Crippen LogP) is 2.73. The zero-order valence-electron chi connectivity index (χ0n) is 15.1. The van der Waals surface area contributed by atoms with E-state index in [1.807, 2.05) is 0 Å². The molecule has 1 rings (SSSR count). The van der Waals surface area contributed by atoms with Crippen molar-refractivity contribution in [2.24, 2.45) is 0 Å². The lowest BCUT2D eigenvalue weighted by molar-refractivity contribution is -0.00966. The summed E-state index contributed by atoms with van der Waals surface area (Å²) in [5.74, 6) is 0. The normalized spacial score (nSPS) is 19.2. The van der Waals surface area contributed by atoms with Crippen molar-refractivity contribution in [2.75, 3.05) is 72.5 Å². The Morgan fingerprint density at radius 1 is 0.696 bits per heavy atom. The Labute approximate surface area is 142 Å². The van der Waals surface area contributed by atoms with Crippen LogP contribution in [0.25, 0.3) is 0 Å². The van der Waals surface area contributed by atoms with Crippen LogP contribution in [0.4, 0.5) is 0 Å². The van der Waals surface area contributed by atoms with E-state index in [1.165, 1.54) is 38.5 Å². The van der Waals surface area contributed by atoms with Crippen molar-refractivity contribution in [3.8, 4) is 0 Å². The first-order chi connectivity index (χ1) is 11.4. The van der Waals surface area contributed by atoms with Gasteiger partial charge in [0.15, 0.2) is 0 Å². The van der Waals surface area contributed by atoms with E-state index in [4.69, 9.17) is 18.9 Å². The van der Waals surface area contributed by atoms with Crippen LogP contribution in [0.1, 0.15) is 45.4 Å². The fourth-order valence-electron chi connectivity index (χ4n) is 2.54. The van der Waals surface area contributed by atoms with Crippen LogP contribution >= 0.6 is 0 Å². The zero-order chi connectivity index (χ0) is 16.4. The van der Waals surface area contributed by atoms with Gasteiger partial charge in [-0.3, -0.25) is 4.90 Å². The van der Waals surface area contributed by atoms with E-state index in [0.717, 1.165) is 46.1 Å². The fraction of sp³-hybridized carbons (Fsp3) is 1.00. The van der Waals surface area contributed by atoms with Crippen LogP contribution in [0.5, 0.6) is 0 Å². The maximum absolute atomic E-state index is 5.77. The Morgan fingerprint density at radius 3 is 1.91 bits per heavy atom. The van der Waals surface area contributed by atoms with Crippen molar-refractivity contribution < 1.29 is 18.9 Å². The monoisotopic (exact) mass is 331 g/mol. The quantitative estimate of drug-likeness (QED) is 0.576. The van der Waals surface area contributed by atoms with Crippen molar-refractivity contribution in [3.63, 3.8) is 0 Å². The van der Waals surface area contributed by atoms with Crippen LogP contribution in [0.15, 0.2) is 0 Å². The molecule has 138 valence electrons. The Hall–Kier alpha value is -0.200. The highest BCUT2D eigenvalue weighted by Crippen LogP contribution is 2.04. The minimum atomic E-state index is 0.657. The van der Waals surface area contributed by atoms with Gasteiger partial charge in [-0.25, -0.2) is 0 Å². The molecule has 0 atom stereocenters. The van der Waals surface area contributed by atoms with E-state index in [-0.39, 0.29) is 0 Å². The Morgan fingerprint density at radius 2 is 1.26 bits per heavy atom. The molecule has 0 aromatic heterocycles. The zero-order valence-corrected chi connectivity index (χ0v) is 15.1. The number of hydrogen-bond acceptors (Lipinski definition) is 5. The molecule has 1 aliphatic rings. The molecule has 0 aliphatic carbocycles. The Kier molecular flexibility index (Phi) is 15.1. The van der Waals surface area contributed by atoms with Crippen LogP contribution in [-0.4, -0.2) is 77.4 Å². The average Bonchev–Trinajstić information content (AvgIpc) is 2.55. The van der Waals surface area contributed by atoms with Gasteiger partial charge in [0.2, 0.25) is 0 Å². The van der Waals surface area contributed by atoms with Crippen LogP contribution in [0, 0.1) is 0 Å². The molecule has 0 aromatic rings. The van der Waals surface area contributed by atoms with Gasteiger partial charge in [-0.2, -0.15) is 0 Å². The first-order valence-electron chi connectivity index (χ1n) is 9.47. The molecule has 0 aromatic carbocycles. The molecule has 0 unspecified atom stereocenters. The SMILES string of the molecule is CCCCCCCCOCCN1CCOCCOCCOCC1. The van der Waals surface area contributed by atoms with E-state index in [1.54, 1.807) is 0 Å². The third kappa shape index (κ3) is 13.9. The predicted molar refractivity (Wildman–Crippen MR) is 93.1 cm³/mol. The molecule has 0 N–H and O–H groups in total. The van der Waals surface area contributed by atoms with Crippen LogP contribution in [-0.2, 0) is 18.9 Å². The average molecular weight is 331 g/mol. The van der Waals surface area contributed by atoms with Crippen molar-refractivity contribution in [1.82, 2.24) is 4.90 Å². The van der Waals surface area contributed by atoms with E-state index >= 15 is 0 Å². The largest absolute Gasteiger partial charge is 0.380 e. The lowest BCUT2D eigenvalue weighted by Crippen LogP contribution is -2.34. The Bertz CT molecular complexity index is 229. The summed E-state index contributed by atoms with van der Waals surface area (Å²) < 4.78 is 22.3. The number of nitrogens with zero attached hydrogens (tertiary/aromatic N) is 1. The molecule has 0 amide bonds. The smallest absolute Gasteiger partial charge is 0.0701 e. The number of rotatable bonds is 10. The van der Waals surface area contributed by atoms with Crippen molar-refractivity contribution in [3.05, 3.63) is 0 Å². The molecule has 0 bridgehead atoms. The molecule has 0 radical (unpaired) electrons. The van der Waals surface area contributed by atoms with Gasteiger partial charge in [-0.15, -0.1) is 0 Å². The summed E-state index contributed by atoms with van der Waals surface area (Å²) in [5.41, 5.74) is 0. The molecule has 0 spiro atoms. The second-order valence-electron chi connectivity index (χ2n) is 6.06. The Balaban J connectivity index is 1.99. The molecule has 1 fully saturated rings. The molecular formula is C18H37NO4. The fourth-order valence-corrected chi connectivity index (χ4v) is 2.54. The third-order valence-corrected chi connectivity index (χ3v) is 4.04. The summed E-state index contributed by atoms with van der Waals surface area (Å²) in [7, 11) is 0. The third-order valence-electron chi connectivity index (χ3n) is 4.04. The lowest BCUT2D eigenvalue weighted by Gasteiger charge is -2.22. The van der Waals surface area contributed by atoms with E-state index < -0.39 is 0 Å². The van der Waals surface area contributed by atoms with Crippen LogP contribution < -0.4 is 0 Å². The first-order valence-corrected chi connectivity index (χ1v) is 9.47. The molecule has 5 heteroatoms. The van der Waals surface area contributed by atoms with Gasteiger partial charge in [-0.05, 0) is 6.42 Å². The van der Waals surface area contributed by atoms with E-state index in [2.05, 4.69) is 11.8 Å². The first kappa shape index (κ1) is 20.8. The van der Waals surface area contributed by atoms with Crippen molar-refractivity contribution in [2.45, 2.75) is 45.4 Å². The lowest BCUT2D eigenvalue weighted by atomic mass is 10.1. The van der Waals surface area contributed by atoms with Crippen molar-refractivity contribution >= 4 is 0 Å². The maximum atomic E-state index is 5.77.